The van der Waals surface area contributed by atoms with Crippen LogP contribution in [0.4, 0.5) is 5.69 Å². The van der Waals surface area contributed by atoms with Crippen molar-refractivity contribution >= 4 is 17.5 Å². The fourth-order valence-electron chi connectivity index (χ4n) is 4.32. The first-order valence-corrected chi connectivity index (χ1v) is 11.5. The molecule has 0 spiro atoms. The summed E-state index contributed by atoms with van der Waals surface area (Å²) in [6, 6.07) is 16.7. The zero-order chi connectivity index (χ0) is 24.8. The Hall–Kier alpha value is -4.07. The molecule has 182 valence electrons. The van der Waals surface area contributed by atoms with E-state index in [1.165, 1.54) is 0 Å². The molecule has 1 N–H and O–H groups in total. The minimum atomic E-state index is -0.223. The van der Waals surface area contributed by atoms with Gasteiger partial charge < -0.3 is 24.6 Å². The zero-order valence-corrected chi connectivity index (χ0v) is 20.2. The monoisotopic (exact) mass is 474 g/mol. The number of piperazine rings is 1. The van der Waals surface area contributed by atoms with E-state index in [2.05, 4.69) is 10.3 Å². The predicted molar refractivity (Wildman–Crippen MR) is 134 cm³/mol. The molecule has 1 aromatic heterocycles. The summed E-state index contributed by atoms with van der Waals surface area (Å²) >= 11 is 0. The van der Waals surface area contributed by atoms with Crippen molar-refractivity contribution in [1.29, 1.82) is 0 Å². The molecule has 4 rings (SSSR count). The Labute approximate surface area is 205 Å². The number of aromatic nitrogens is 1. The van der Waals surface area contributed by atoms with Gasteiger partial charge in [-0.3, -0.25) is 14.6 Å². The summed E-state index contributed by atoms with van der Waals surface area (Å²) in [5.41, 5.74) is 3.34. The number of nitrogens with one attached hydrogen (secondary N) is 1. The van der Waals surface area contributed by atoms with Gasteiger partial charge in [-0.05, 0) is 53.6 Å². The van der Waals surface area contributed by atoms with E-state index in [1.54, 1.807) is 45.7 Å². The molecule has 1 aliphatic rings. The van der Waals surface area contributed by atoms with Crippen molar-refractivity contribution < 1.29 is 19.1 Å². The van der Waals surface area contributed by atoms with Gasteiger partial charge in [-0.15, -0.1) is 0 Å². The van der Waals surface area contributed by atoms with E-state index in [1.807, 2.05) is 52.3 Å². The molecule has 1 aliphatic heterocycles. The van der Waals surface area contributed by atoms with Crippen LogP contribution in [0.2, 0.25) is 0 Å². The van der Waals surface area contributed by atoms with Gasteiger partial charge in [-0.25, -0.2) is 0 Å². The van der Waals surface area contributed by atoms with Crippen LogP contribution in [0.25, 0.3) is 0 Å². The molecular weight excluding hydrogens is 444 g/mol. The van der Waals surface area contributed by atoms with Gasteiger partial charge in [-0.2, -0.15) is 0 Å². The number of carbonyl (C=O) groups is 2. The van der Waals surface area contributed by atoms with Crippen LogP contribution in [0.1, 0.15) is 34.5 Å². The summed E-state index contributed by atoms with van der Waals surface area (Å²) in [5, 5.41) is 3.36. The molecule has 1 fully saturated rings. The lowest BCUT2D eigenvalue weighted by molar-refractivity contribution is -0.133. The van der Waals surface area contributed by atoms with Gasteiger partial charge in [0, 0.05) is 51.1 Å². The highest BCUT2D eigenvalue weighted by Crippen LogP contribution is 2.30. The Morgan fingerprint density at radius 1 is 1.00 bits per heavy atom. The third-order valence-corrected chi connectivity index (χ3v) is 6.25. The van der Waals surface area contributed by atoms with Crippen molar-refractivity contribution in [3.63, 3.8) is 0 Å². The number of methoxy groups -OCH3 is 2. The van der Waals surface area contributed by atoms with Crippen LogP contribution >= 0.6 is 0 Å². The fraction of sp³-hybridized carbons (Fsp3) is 0.296. The van der Waals surface area contributed by atoms with Gasteiger partial charge in [0.25, 0.3) is 5.91 Å². The quantitative estimate of drug-likeness (QED) is 0.562. The maximum Gasteiger partial charge on any atom is 0.254 e. The molecule has 8 nitrogen and oxygen atoms in total. The third-order valence-electron chi connectivity index (χ3n) is 6.25. The molecule has 1 atom stereocenters. The first kappa shape index (κ1) is 24.1. The van der Waals surface area contributed by atoms with Crippen molar-refractivity contribution in [3.8, 4) is 11.5 Å². The molecular formula is C27H30N4O4. The van der Waals surface area contributed by atoms with Crippen molar-refractivity contribution in [1.82, 2.24) is 14.8 Å². The number of carbonyl (C=O) groups excluding carboxylic acids is 2. The molecule has 35 heavy (non-hydrogen) atoms. The maximum absolute atomic E-state index is 13.5. The van der Waals surface area contributed by atoms with Crippen LogP contribution in [0, 0.1) is 0 Å². The highest BCUT2D eigenvalue weighted by molar-refractivity contribution is 5.96. The topological polar surface area (TPSA) is 84.0 Å². The third kappa shape index (κ3) is 5.54. The van der Waals surface area contributed by atoms with Gasteiger partial charge in [0.2, 0.25) is 5.91 Å². The molecule has 0 saturated carbocycles. The van der Waals surface area contributed by atoms with Crippen molar-refractivity contribution in [2.75, 3.05) is 39.2 Å². The number of nitrogens with zero attached hydrogens (tertiary/aromatic N) is 3. The zero-order valence-electron chi connectivity index (χ0n) is 20.2. The lowest BCUT2D eigenvalue weighted by atomic mass is 10.0. The first-order chi connectivity index (χ1) is 17.0. The fourth-order valence-corrected chi connectivity index (χ4v) is 4.32. The summed E-state index contributed by atoms with van der Waals surface area (Å²) in [4.78, 5) is 33.5. The van der Waals surface area contributed by atoms with Crippen molar-refractivity contribution in [2.24, 2.45) is 0 Å². The van der Waals surface area contributed by atoms with Gasteiger partial charge in [0.1, 0.15) is 11.5 Å². The van der Waals surface area contributed by atoms with Gasteiger partial charge in [0.05, 0.1) is 25.9 Å². The van der Waals surface area contributed by atoms with Crippen LogP contribution in [0.3, 0.4) is 0 Å². The van der Waals surface area contributed by atoms with Crippen LogP contribution in [-0.4, -0.2) is 60.5 Å². The van der Waals surface area contributed by atoms with E-state index in [0.29, 0.717) is 37.5 Å². The molecule has 8 heteroatoms. The number of hydrogen-bond acceptors (Lipinski definition) is 6. The van der Waals surface area contributed by atoms with Crippen LogP contribution in [0.15, 0.2) is 67.0 Å². The lowest BCUT2D eigenvalue weighted by Crippen LogP contribution is -2.51. The number of hydrogen-bond donors (Lipinski definition) is 1. The Balaban J connectivity index is 1.54. The molecule has 2 amide bonds. The number of rotatable bonds is 7. The number of ether oxygens (including phenoxy) is 2. The van der Waals surface area contributed by atoms with E-state index in [-0.39, 0.29) is 17.9 Å². The number of anilines is 1. The number of amides is 2. The molecule has 2 heterocycles. The summed E-state index contributed by atoms with van der Waals surface area (Å²) in [6.45, 7) is 3.50. The Morgan fingerprint density at radius 2 is 1.74 bits per heavy atom. The SMILES string of the molecule is COc1ccc([C@H]2CN(C(=O)c3ccc(OC)c(NCc4ccncc4)c3)CCN2C(C)=O)cc1. The minimum absolute atomic E-state index is 0.00929. The molecule has 0 unspecified atom stereocenters. The average molecular weight is 475 g/mol. The highest BCUT2D eigenvalue weighted by Gasteiger charge is 2.32. The Bertz CT molecular complexity index is 1170. The average Bonchev–Trinajstić information content (AvgIpc) is 2.91. The molecule has 1 saturated heterocycles. The summed E-state index contributed by atoms with van der Waals surface area (Å²) in [7, 11) is 3.22. The second-order valence-electron chi connectivity index (χ2n) is 8.38. The number of benzene rings is 2. The van der Waals surface area contributed by atoms with Crippen LogP contribution < -0.4 is 14.8 Å². The minimum Gasteiger partial charge on any atom is -0.497 e. The van der Waals surface area contributed by atoms with Crippen LogP contribution in [-0.2, 0) is 11.3 Å². The van der Waals surface area contributed by atoms with E-state index in [4.69, 9.17) is 9.47 Å². The molecule has 0 bridgehead atoms. The number of pyridine rings is 1. The summed E-state index contributed by atoms with van der Waals surface area (Å²) in [5.74, 6) is 1.32. The first-order valence-electron chi connectivity index (χ1n) is 11.5. The largest absolute Gasteiger partial charge is 0.497 e. The van der Waals surface area contributed by atoms with Gasteiger partial charge in [0.15, 0.2) is 0 Å². The van der Waals surface area contributed by atoms with Crippen molar-refractivity contribution in [3.05, 3.63) is 83.7 Å². The standard InChI is InChI=1S/C27H30N4O4/c1-19(32)31-15-14-30(18-25(31)21-4-7-23(34-2)8-5-21)27(33)22-6-9-26(35-3)24(16-22)29-17-20-10-12-28-13-11-20/h4-13,16,25,29H,14-15,17-18H2,1-3H3/t25-/m1/s1. The molecule has 2 aromatic carbocycles. The molecule has 0 aliphatic carbocycles. The van der Waals surface area contributed by atoms with E-state index in [0.717, 1.165) is 22.6 Å². The summed E-state index contributed by atoms with van der Waals surface area (Å²) < 4.78 is 10.8. The van der Waals surface area contributed by atoms with E-state index >= 15 is 0 Å². The van der Waals surface area contributed by atoms with Gasteiger partial charge >= 0.3 is 0 Å². The lowest BCUT2D eigenvalue weighted by Gasteiger charge is -2.41. The smallest absolute Gasteiger partial charge is 0.254 e. The molecule has 3 aromatic rings. The highest BCUT2D eigenvalue weighted by atomic mass is 16.5. The Kier molecular flexibility index (Phi) is 7.50. The predicted octanol–water partition coefficient (Wildman–Crippen LogP) is 3.76. The van der Waals surface area contributed by atoms with Gasteiger partial charge in [-0.1, -0.05) is 12.1 Å². The van der Waals surface area contributed by atoms with E-state index in [9.17, 15) is 9.59 Å². The Morgan fingerprint density at radius 3 is 2.40 bits per heavy atom. The van der Waals surface area contributed by atoms with E-state index < -0.39 is 0 Å². The molecule has 0 radical (unpaired) electrons. The summed E-state index contributed by atoms with van der Waals surface area (Å²) in [6.07, 6.45) is 3.49. The second-order valence-corrected chi connectivity index (χ2v) is 8.38. The van der Waals surface area contributed by atoms with Crippen LogP contribution in [0.5, 0.6) is 11.5 Å². The van der Waals surface area contributed by atoms with Crippen molar-refractivity contribution in [2.45, 2.75) is 19.5 Å². The second kappa shape index (κ2) is 10.9. The maximum atomic E-state index is 13.5. The normalized spacial score (nSPS) is 15.5.